The summed E-state index contributed by atoms with van der Waals surface area (Å²) in [4.78, 5) is 4.97. The van der Waals surface area contributed by atoms with Crippen LogP contribution in [0.15, 0.2) is 60.7 Å². The highest BCUT2D eigenvalue weighted by Crippen LogP contribution is 2.18. The van der Waals surface area contributed by atoms with Crippen LogP contribution in [0.4, 0.5) is 0 Å². The zero-order chi connectivity index (χ0) is 17.3. The van der Waals surface area contributed by atoms with Crippen molar-refractivity contribution >= 4 is 0 Å². The van der Waals surface area contributed by atoms with Crippen LogP contribution in [0.5, 0.6) is 5.75 Å². The third-order valence-corrected chi connectivity index (χ3v) is 4.76. The maximum Gasteiger partial charge on any atom is 0.119 e. The van der Waals surface area contributed by atoms with Crippen molar-refractivity contribution in [2.24, 2.45) is 0 Å². The molecule has 0 aromatic heterocycles. The Morgan fingerprint density at radius 1 is 0.840 bits per heavy atom. The zero-order valence-corrected chi connectivity index (χ0v) is 15.0. The predicted octanol–water partition coefficient (Wildman–Crippen LogP) is 3.07. The molecule has 1 aliphatic heterocycles. The third kappa shape index (κ3) is 5.56. The number of hydrogen-bond acceptors (Lipinski definition) is 4. The van der Waals surface area contributed by atoms with Gasteiger partial charge in [0.25, 0.3) is 0 Å². The van der Waals surface area contributed by atoms with Gasteiger partial charge in [0.2, 0.25) is 0 Å². The Labute approximate surface area is 151 Å². The average molecular weight is 340 g/mol. The molecule has 0 spiro atoms. The van der Waals surface area contributed by atoms with E-state index in [4.69, 9.17) is 9.47 Å². The molecule has 0 radical (unpaired) electrons. The highest BCUT2D eigenvalue weighted by molar-refractivity contribution is 5.21. The molecule has 4 nitrogen and oxygen atoms in total. The minimum absolute atomic E-state index is 0.147. The Morgan fingerprint density at radius 3 is 2.08 bits per heavy atom. The molecule has 1 atom stereocenters. The van der Waals surface area contributed by atoms with Crippen LogP contribution in [-0.2, 0) is 4.74 Å². The zero-order valence-electron chi connectivity index (χ0n) is 15.0. The van der Waals surface area contributed by atoms with E-state index in [-0.39, 0.29) is 6.10 Å². The first kappa shape index (κ1) is 17.9. The molecule has 0 saturated carbocycles. The van der Waals surface area contributed by atoms with E-state index < -0.39 is 0 Å². The topological polar surface area (TPSA) is 24.9 Å². The standard InChI is InChI=1S/C21H28N2O2/c1-24-21(19-8-4-2-5-9-19)18-23-14-12-22(13-15-23)16-17-25-20-10-6-3-7-11-20/h2-11,21H,12-18H2,1H3. The summed E-state index contributed by atoms with van der Waals surface area (Å²) in [5.74, 6) is 0.951. The van der Waals surface area contributed by atoms with E-state index in [2.05, 4.69) is 34.1 Å². The second-order valence-corrected chi connectivity index (χ2v) is 6.44. The summed E-state index contributed by atoms with van der Waals surface area (Å²) in [7, 11) is 1.80. The Kier molecular flexibility index (Phi) is 6.86. The maximum atomic E-state index is 5.80. The summed E-state index contributed by atoms with van der Waals surface area (Å²) in [5.41, 5.74) is 1.25. The molecule has 25 heavy (non-hydrogen) atoms. The molecule has 0 N–H and O–H groups in total. The van der Waals surface area contributed by atoms with Crippen molar-refractivity contribution in [2.75, 3.05) is 53.0 Å². The minimum atomic E-state index is 0.147. The first-order chi connectivity index (χ1) is 12.3. The van der Waals surface area contributed by atoms with Gasteiger partial charge in [0.1, 0.15) is 12.4 Å². The van der Waals surface area contributed by atoms with Crippen molar-refractivity contribution in [3.8, 4) is 5.75 Å². The molecule has 0 amide bonds. The molecule has 1 heterocycles. The van der Waals surface area contributed by atoms with Crippen molar-refractivity contribution in [3.05, 3.63) is 66.2 Å². The van der Waals surface area contributed by atoms with Gasteiger partial charge in [-0.1, -0.05) is 48.5 Å². The number of nitrogens with zero attached hydrogens (tertiary/aromatic N) is 2. The van der Waals surface area contributed by atoms with Gasteiger partial charge in [0.15, 0.2) is 0 Å². The number of hydrogen-bond donors (Lipinski definition) is 0. The van der Waals surface area contributed by atoms with Gasteiger partial charge in [0.05, 0.1) is 6.10 Å². The summed E-state index contributed by atoms with van der Waals surface area (Å²) >= 11 is 0. The average Bonchev–Trinajstić information content (AvgIpc) is 2.69. The van der Waals surface area contributed by atoms with Crippen LogP contribution in [0, 0.1) is 0 Å². The molecule has 3 rings (SSSR count). The van der Waals surface area contributed by atoms with Gasteiger partial charge in [-0.05, 0) is 17.7 Å². The fourth-order valence-electron chi connectivity index (χ4n) is 3.22. The fraction of sp³-hybridized carbons (Fsp3) is 0.429. The van der Waals surface area contributed by atoms with E-state index >= 15 is 0 Å². The molecule has 2 aromatic carbocycles. The van der Waals surface area contributed by atoms with E-state index in [0.29, 0.717) is 0 Å². The SMILES string of the molecule is COC(CN1CCN(CCOc2ccccc2)CC1)c1ccccc1. The Balaban J connectivity index is 1.38. The summed E-state index contributed by atoms with van der Waals surface area (Å²) < 4.78 is 11.5. The van der Waals surface area contributed by atoms with Gasteiger partial charge in [-0.2, -0.15) is 0 Å². The second-order valence-electron chi connectivity index (χ2n) is 6.44. The third-order valence-electron chi connectivity index (χ3n) is 4.76. The lowest BCUT2D eigenvalue weighted by molar-refractivity contribution is 0.0397. The molecule has 1 unspecified atom stereocenters. The van der Waals surface area contributed by atoms with Crippen molar-refractivity contribution in [1.29, 1.82) is 0 Å². The van der Waals surface area contributed by atoms with Crippen molar-refractivity contribution in [2.45, 2.75) is 6.10 Å². The minimum Gasteiger partial charge on any atom is -0.492 e. The van der Waals surface area contributed by atoms with E-state index in [1.807, 2.05) is 36.4 Å². The van der Waals surface area contributed by atoms with Crippen LogP contribution in [0.3, 0.4) is 0 Å². The van der Waals surface area contributed by atoms with E-state index in [1.54, 1.807) is 7.11 Å². The number of rotatable bonds is 8. The van der Waals surface area contributed by atoms with Gasteiger partial charge in [-0.3, -0.25) is 9.80 Å². The molecule has 4 heteroatoms. The Morgan fingerprint density at radius 2 is 1.44 bits per heavy atom. The molecular formula is C21H28N2O2. The lowest BCUT2D eigenvalue weighted by Gasteiger charge is -2.36. The molecular weight excluding hydrogens is 312 g/mol. The fourth-order valence-corrected chi connectivity index (χ4v) is 3.22. The van der Waals surface area contributed by atoms with Crippen LogP contribution < -0.4 is 4.74 Å². The molecule has 1 saturated heterocycles. The monoisotopic (exact) mass is 340 g/mol. The number of benzene rings is 2. The van der Waals surface area contributed by atoms with E-state index in [0.717, 1.165) is 51.6 Å². The molecule has 2 aromatic rings. The molecule has 0 aliphatic carbocycles. The van der Waals surface area contributed by atoms with Gasteiger partial charge >= 0.3 is 0 Å². The van der Waals surface area contributed by atoms with Crippen LogP contribution in [-0.4, -0.2) is 62.8 Å². The normalized spacial score (nSPS) is 17.3. The summed E-state index contributed by atoms with van der Waals surface area (Å²) in [5, 5.41) is 0. The van der Waals surface area contributed by atoms with Crippen LogP contribution in [0.1, 0.15) is 11.7 Å². The lowest BCUT2D eigenvalue weighted by atomic mass is 10.1. The predicted molar refractivity (Wildman–Crippen MR) is 101 cm³/mol. The quantitative estimate of drug-likeness (QED) is 0.737. The van der Waals surface area contributed by atoms with Crippen LogP contribution in [0.25, 0.3) is 0 Å². The lowest BCUT2D eigenvalue weighted by Crippen LogP contribution is -2.48. The van der Waals surface area contributed by atoms with Gasteiger partial charge in [-0.25, -0.2) is 0 Å². The molecule has 0 bridgehead atoms. The first-order valence-electron chi connectivity index (χ1n) is 9.05. The molecule has 134 valence electrons. The summed E-state index contributed by atoms with van der Waals surface area (Å²) in [6.07, 6.45) is 0.147. The molecule has 1 fully saturated rings. The van der Waals surface area contributed by atoms with Crippen LogP contribution in [0.2, 0.25) is 0 Å². The number of piperazine rings is 1. The Hall–Kier alpha value is -1.88. The van der Waals surface area contributed by atoms with Crippen molar-refractivity contribution in [3.63, 3.8) is 0 Å². The van der Waals surface area contributed by atoms with Crippen molar-refractivity contribution < 1.29 is 9.47 Å². The van der Waals surface area contributed by atoms with Gasteiger partial charge in [0, 0.05) is 46.4 Å². The van der Waals surface area contributed by atoms with Gasteiger partial charge < -0.3 is 9.47 Å². The number of para-hydroxylation sites is 1. The smallest absolute Gasteiger partial charge is 0.119 e. The second kappa shape index (κ2) is 9.56. The highest BCUT2D eigenvalue weighted by atomic mass is 16.5. The van der Waals surface area contributed by atoms with Crippen LogP contribution >= 0.6 is 0 Å². The van der Waals surface area contributed by atoms with E-state index in [9.17, 15) is 0 Å². The molecule has 1 aliphatic rings. The van der Waals surface area contributed by atoms with E-state index in [1.165, 1.54) is 5.56 Å². The summed E-state index contributed by atoms with van der Waals surface area (Å²) in [6.45, 7) is 7.02. The first-order valence-corrected chi connectivity index (χ1v) is 9.05. The largest absolute Gasteiger partial charge is 0.492 e. The summed E-state index contributed by atoms with van der Waals surface area (Å²) in [6, 6.07) is 20.5. The highest BCUT2D eigenvalue weighted by Gasteiger charge is 2.20. The number of ether oxygens (including phenoxy) is 2. The number of methoxy groups -OCH3 is 1. The van der Waals surface area contributed by atoms with Crippen molar-refractivity contribution in [1.82, 2.24) is 9.80 Å². The Bertz CT molecular complexity index is 598. The van der Waals surface area contributed by atoms with Gasteiger partial charge in [-0.15, -0.1) is 0 Å². The maximum absolute atomic E-state index is 5.80.